The Kier molecular flexibility index (Phi) is 5.58. The average molecular weight is 398 g/mol. The highest BCUT2D eigenvalue weighted by Crippen LogP contribution is 2.32. The number of allylic oxidation sites excluding steroid dienone is 3. The molecule has 0 saturated heterocycles. The molecule has 2 N–H and O–H groups in total. The molecule has 1 aliphatic carbocycles. The van der Waals surface area contributed by atoms with E-state index in [0.29, 0.717) is 11.5 Å². The summed E-state index contributed by atoms with van der Waals surface area (Å²) in [6, 6.07) is 7.87. The van der Waals surface area contributed by atoms with Gasteiger partial charge in [-0.15, -0.1) is 0 Å². The van der Waals surface area contributed by atoms with Crippen molar-refractivity contribution in [2.75, 3.05) is 20.6 Å². The molecular formula is C20H22N4O3S. The fourth-order valence-electron chi connectivity index (χ4n) is 3.14. The van der Waals surface area contributed by atoms with Crippen molar-refractivity contribution >= 4 is 10.0 Å². The van der Waals surface area contributed by atoms with Crippen molar-refractivity contribution in [2.24, 2.45) is 11.7 Å². The smallest absolute Gasteiger partial charge is 0.267 e. The molecule has 1 atom stereocenters. The number of hydrogen-bond acceptors (Lipinski definition) is 6. The van der Waals surface area contributed by atoms with Gasteiger partial charge in [-0.1, -0.05) is 12.1 Å². The maximum Gasteiger partial charge on any atom is 0.267 e. The molecule has 28 heavy (non-hydrogen) atoms. The van der Waals surface area contributed by atoms with Crippen molar-refractivity contribution in [1.82, 2.24) is 9.21 Å². The van der Waals surface area contributed by atoms with Crippen molar-refractivity contribution in [2.45, 2.75) is 11.3 Å². The number of benzene rings is 1. The minimum Gasteiger partial charge on any atom is -0.462 e. The second-order valence-corrected chi connectivity index (χ2v) is 8.71. The van der Waals surface area contributed by atoms with Gasteiger partial charge in [-0.3, -0.25) is 0 Å². The van der Waals surface area contributed by atoms with Gasteiger partial charge < -0.3 is 15.4 Å². The molecular weight excluding hydrogens is 376 g/mol. The molecule has 1 heterocycles. The summed E-state index contributed by atoms with van der Waals surface area (Å²) in [7, 11) is 0.0961. The van der Waals surface area contributed by atoms with E-state index in [1.807, 2.05) is 32.3 Å². The van der Waals surface area contributed by atoms with Crippen LogP contribution in [-0.2, 0) is 14.8 Å². The average Bonchev–Trinajstić information content (AvgIpc) is 2.69. The van der Waals surface area contributed by atoms with E-state index in [9.17, 15) is 8.42 Å². The lowest BCUT2D eigenvalue weighted by Crippen LogP contribution is -2.28. The maximum absolute atomic E-state index is 13.0. The fourth-order valence-corrected chi connectivity index (χ4v) is 4.35. The molecule has 0 saturated carbocycles. The van der Waals surface area contributed by atoms with E-state index in [4.69, 9.17) is 15.7 Å². The van der Waals surface area contributed by atoms with Crippen molar-refractivity contribution in [3.63, 3.8) is 0 Å². The van der Waals surface area contributed by atoms with Gasteiger partial charge in [-0.05, 0) is 44.8 Å². The standard InChI is InChI=1S/C20H22N4O3S/c1-23(2)13-16-6-7-17(22)11-19(16)20-14-24(8-9-27-20)28(25,26)18-5-3-4-15(10-18)12-21/h3-5,7-11,14,16H,6,13,22H2,1-2H3. The van der Waals surface area contributed by atoms with E-state index in [1.54, 1.807) is 12.1 Å². The lowest BCUT2D eigenvalue weighted by atomic mass is 9.88. The van der Waals surface area contributed by atoms with E-state index in [1.165, 1.54) is 30.8 Å². The zero-order valence-electron chi connectivity index (χ0n) is 15.7. The van der Waals surface area contributed by atoms with Gasteiger partial charge >= 0.3 is 0 Å². The van der Waals surface area contributed by atoms with Crippen LogP contribution in [0.25, 0.3) is 0 Å². The SMILES string of the molecule is CN(C)CC1CC=C(N)C=C1C1=CN(S(=O)(=O)c2cccc(C#N)c2)C=CO1. The Bertz CT molecular complexity index is 1030. The normalized spacial score (nSPS) is 19.4. The molecule has 146 valence electrons. The number of sulfonamides is 1. The van der Waals surface area contributed by atoms with Gasteiger partial charge in [0.2, 0.25) is 0 Å². The summed E-state index contributed by atoms with van der Waals surface area (Å²) in [6.45, 7) is 0.775. The van der Waals surface area contributed by atoms with Crippen LogP contribution in [0.1, 0.15) is 12.0 Å². The summed E-state index contributed by atoms with van der Waals surface area (Å²) in [5.41, 5.74) is 7.73. The summed E-state index contributed by atoms with van der Waals surface area (Å²) in [6.07, 6.45) is 8.64. The Hall–Kier alpha value is -3.02. The molecule has 0 fully saturated rings. The summed E-state index contributed by atoms with van der Waals surface area (Å²) in [4.78, 5) is 2.10. The molecule has 0 bridgehead atoms. The van der Waals surface area contributed by atoms with Gasteiger partial charge in [-0.2, -0.15) is 5.26 Å². The Morgan fingerprint density at radius 1 is 1.39 bits per heavy atom. The monoisotopic (exact) mass is 398 g/mol. The van der Waals surface area contributed by atoms with E-state index in [0.717, 1.165) is 22.8 Å². The van der Waals surface area contributed by atoms with Crippen molar-refractivity contribution in [3.8, 4) is 6.07 Å². The van der Waals surface area contributed by atoms with E-state index < -0.39 is 10.0 Å². The van der Waals surface area contributed by atoms with Crippen LogP contribution >= 0.6 is 0 Å². The van der Waals surface area contributed by atoms with Crippen LogP contribution in [-0.4, -0.2) is 38.3 Å². The largest absolute Gasteiger partial charge is 0.462 e. The predicted octanol–water partition coefficient (Wildman–Crippen LogP) is 2.24. The minimum atomic E-state index is -3.86. The Balaban J connectivity index is 1.96. The highest BCUT2D eigenvalue weighted by Gasteiger charge is 2.28. The lowest BCUT2D eigenvalue weighted by molar-refractivity contribution is 0.300. The van der Waals surface area contributed by atoms with Gasteiger partial charge in [0.05, 0.1) is 28.9 Å². The summed E-state index contributed by atoms with van der Waals surface area (Å²) < 4.78 is 32.8. The van der Waals surface area contributed by atoms with E-state index in [2.05, 4.69) is 4.90 Å². The minimum absolute atomic E-state index is 0.0376. The molecule has 1 aromatic carbocycles. The predicted molar refractivity (Wildman–Crippen MR) is 106 cm³/mol. The molecule has 1 aromatic rings. The number of rotatable bonds is 5. The molecule has 3 rings (SSSR count). The van der Waals surface area contributed by atoms with Crippen LogP contribution in [0.5, 0.6) is 0 Å². The van der Waals surface area contributed by atoms with Crippen molar-refractivity contribution < 1.29 is 13.2 Å². The van der Waals surface area contributed by atoms with Crippen molar-refractivity contribution in [1.29, 1.82) is 5.26 Å². The highest BCUT2D eigenvalue weighted by atomic mass is 32.2. The van der Waals surface area contributed by atoms with Gasteiger partial charge in [0.1, 0.15) is 12.0 Å². The van der Waals surface area contributed by atoms with Crippen LogP contribution in [0.2, 0.25) is 0 Å². The van der Waals surface area contributed by atoms with E-state index >= 15 is 0 Å². The van der Waals surface area contributed by atoms with Gasteiger partial charge in [-0.25, -0.2) is 12.7 Å². The van der Waals surface area contributed by atoms with Crippen LogP contribution in [0, 0.1) is 17.2 Å². The third-order valence-electron chi connectivity index (χ3n) is 4.46. The first-order valence-corrected chi connectivity index (χ1v) is 10.2. The number of nitriles is 1. The summed E-state index contributed by atoms with van der Waals surface area (Å²) in [5, 5.41) is 9.04. The Labute approximate surface area is 165 Å². The molecule has 8 heteroatoms. The molecule has 1 unspecified atom stereocenters. The van der Waals surface area contributed by atoms with E-state index in [-0.39, 0.29) is 16.4 Å². The maximum atomic E-state index is 13.0. The molecule has 2 aliphatic rings. The Morgan fingerprint density at radius 3 is 2.89 bits per heavy atom. The first-order valence-electron chi connectivity index (χ1n) is 8.72. The fraction of sp³-hybridized carbons (Fsp3) is 0.250. The highest BCUT2D eigenvalue weighted by molar-refractivity contribution is 7.89. The number of nitrogens with zero attached hydrogens (tertiary/aromatic N) is 3. The van der Waals surface area contributed by atoms with Gasteiger partial charge in [0, 0.05) is 23.7 Å². The second-order valence-electron chi connectivity index (χ2n) is 6.87. The number of hydrogen-bond donors (Lipinski definition) is 1. The second kappa shape index (κ2) is 7.92. The lowest BCUT2D eigenvalue weighted by Gasteiger charge is -2.29. The Morgan fingerprint density at radius 2 is 2.18 bits per heavy atom. The first-order chi connectivity index (χ1) is 13.3. The molecule has 7 nitrogen and oxygen atoms in total. The number of ether oxygens (including phenoxy) is 1. The molecule has 0 spiro atoms. The zero-order chi connectivity index (χ0) is 20.3. The van der Waals surface area contributed by atoms with Crippen LogP contribution in [0.15, 0.2) is 77.0 Å². The van der Waals surface area contributed by atoms with Crippen LogP contribution in [0.4, 0.5) is 0 Å². The molecule has 1 aliphatic heterocycles. The third kappa shape index (κ3) is 4.11. The molecule has 0 radical (unpaired) electrons. The van der Waals surface area contributed by atoms with Crippen LogP contribution < -0.4 is 5.73 Å². The first kappa shape index (κ1) is 19.7. The molecule has 0 amide bonds. The van der Waals surface area contributed by atoms with Crippen LogP contribution in [0.3, 0.4) is 0 Å². The topological polar surface area (TPSA) is 99.7 Å². The molecule has 0 aromatic heterocycles. The van der Waals surface area contributed by atoms with Gasteiger partial charge in [0.25, 0.3) is 10.0 Å². The zero-order valence-corrected chi connectivity index (χ0v) is 16.6. The van der Waals surface area contributed by atoms with Gasteiger partial charge in [0.15, 0.2) is 0 Å². The number of nitrogens with two attached hydrogens (primary N) is 1. The summed E-state index contributed by atoms with van der Waals surface area (Å²) in [5.74, 6) is 0.567. The van der Waals surface area contributed by atoms with Crippen molar-refractivity contribution in [3.05, 3.63) is 77.7 Å². The summed E-state index contributed by atoms with van der Waals surface area (Å²) >= 11 is 0. The third-order valence-corrected chi connectivity index (χ3v) is 6.09. The quantitative estimate of drug-likeness (QED) is 0.817.